The zero-order valence-electron chi connectivity index (χ0n) is 11.9. The summed E-state index contributed by atoms with van der Waals surface area (Å²) < 4.78 is 6.37. The van der Waals surface area contributed by atoms with E-state index in [1.165, 1.54) is 4.68 Å². The predicted octanol–water partition coefficient (Wildman–Crippen LogP) is 0.853. The van der Waals surface area contributed by atoms with Crippen molar-refractivity contribution in [2.24, 2.45) is 12.8 Å². The van der Waals surface area contributed by atoms with Gasteiger partial charge in [0.05, 0.1) is 11.0 Å². The second-order valence-electron chi connectivity index (χ2n) is 5.29. The number of amides is 1. The fourth-order valence-corrected chi connectivity index (χ4v) is 1.61. The maximum Gasteiger partial charge on any atom is 0.407 e. The molecule has 0 aromatic carbocycles. The normalized spacial score (nSPS) is 12.8. The third-order valence-corrected chi connectivity index (χ3v) is 2.38. The van der Waals surface area contributed by atoms with Gasteiger partial charge in [-0.15, -0.1) is 0 Å². The van der Waals surface area contributed by atoms with Gasteiger partial charge in [-0.3, -0.25) is 14.8 Å². The van der Waals surface area contributed by atoms with E-state index in [0.717, 1.165) is 6.20 Å². The Labute approximate surface area is 116 Å². The van der Waals surface area contributed by atoms with Crippen LogP contribution in [-0.4, -0.2) is 32.9 Å². The minimum absolute atomic E-state index is 0.00921. The van der Waals surface area contributed by atoms with Gasteiger partial charge < -0.3 is 15.8 Å². The number of carbonyl (C=O) groups excluding carboxylic acids is 1. The van der Waals surface area contributed by atoms with E-state index in [0.29, 0.717) is 0 Å². The smallest absolute Gasteiger partial charge is 0.407 e. The Hall–Kier alpha value is -2.16. The van der Waals surface area contributed by atoms with Crippen molar-refractivity contribution in [2.45, 2.75) is 32.4 Å². The number of ether oxygens (including phenoxy) is 1. The Bertz CT molecular complexity index is 505. The Morgan fingerprint density at radius 3 is 2.75 bits per heavy atom. The zero-order valence-corrected chi connectivity index (χ0v) is 11.9. The molecule has 1 aromatic heterocycles. The van der Waals surface area contributed by atoms with Crippen LogP contribution in [0, 0.1) is 10.1 Å². The highest BCUT2D eigenvalue weighted by Gasteiger charge is 2.25. The van der Waals surface area contributed by atoms with Gasteiger partial charge in [0, 0.05) is 13.6 Å². The van der Waals surface area contributed by atoms with Gasteiger partial charge in [0.15, 0.2) is 0 Å². The Morgan fingerprint density at radius 2 is 2.25 bits per heavy atom. The van der Waals surface area contributed by atoms with E-state index in [9.17, 15) is 14.9 Å². The molecule has 1 heterocycles. The lowest BCUT2D eigenvalue weighted by Crippen LogP contribution is -2.37. The number of rotatable bonds is 4. The van der Waals surface area contributed by atoms with E-state index in [1.807, 2.05) is 0 Å². The number of aromatic nitrogens is 2. The van der Waals surface area contributed by atoms with Gasteiger partial charge in [-0.2, -0.15) is 5.10 Å². The van der Waals surface area contributed by atoms with Crippen LogP contribution in [0.1, 0.15) is 32.5 Å². The molecule has 0 fully saturated rings. The van der Waals surface area contributed by atoms with Crippen LogP contribution in [0.2, 0.25) is 0 Å². The van der Waals surface area contributed by atoms with Gasteiger partial charge in [0.25, 0.3) is 0 Å². The van der Waals surface area contributed by atoms with Crippen LogP contribution in [-0.2, 0) is 11.8 Å². The molecule has 1 amide bonds. The zero-order chi connectivity index (χ0) is 15.5. The van der Waals surface area contributed by atoms with Crippen LogP contribution in [0.5, 0.6) is 0 Å². The summed E-state index contributed by atoms with van der Waals surface area (Å²) >= 11 is 0. The molecule has 1 aromatic rings. The maximum atomic E-state index is 11.5. The molecular weight excluding hydrogens is 266 g/mol. The van der Waals surface area contributed by atoms with Gasteiger partial charge in [-0.25, -0.2) is 4.79 Å². The van der Waals surface area contributed by atoms with Crippen molar-refractivity contribution >= 4 is 11.8 Å². The molecule has 0 aliphatic carbocycles. The SMILES string of the molecule is Cn1ncc([N+](=O)[O-])c1C(N)CNC(=O)OC(C)(C)C. The van der Waals surface area contributed by atoms with Crippen molar-refractivity contribution in [2.75, 3.05) is 6.54 Å². The van der Waals surface area contributed by atoms with Crippen LogP contribution in [0.25, 0.3) is 0 Å². The first-order valence-corrected chi connectivity index (χ1v) is 6.00. The largest absolute Gasteiger partial charge is 0.444 e. The summed E-state index contributed by atoms with van der Waals surface area (Å²) in [7, 11) is 1.55. The third kappa shape index (κ3) is 4.19. The van der Waals surface area contributed by atoms with Gasteiger partial charge in [0.2, 0.25) is 0 Å². The van der Waals surface area contributed by atoms with Crippen LogP contribution in [0.3, 0.4) is 0 Å². The second kappa shape index (κ2) is 5.87. The number of hydrogen-bond acceptors (Lipinski definition) is 6. The molecule has 0 saturated carbocycles. The molecule has 1 unspecified atom stereocenters. The number of aryl methyl sites for hydroxylation is 1. The molecule has 9 nitrogen and oxygen atoms in total. The summed E-state index contributed by atoms with van der Waals surface area (Å²) in [5.74, 6) is 0. The average Bonchev–Trinajstić information content (AvgIpc) is 2.66. The van der Waals surface area contributed by atoms with Crippen molar-refractivity contribution in [3.63, 3.8) is 0 Å². The van der Waals surface area contributed by atoms with Gasteiger partial charge >= 0.3 is 11.8 Å². The van der Waals surface area contributed by atoms with Crippen molar-refractivity contribution < 1.29 is 14.5 Å². The summed E-state index contributed by atoms with van der Waals surface area (Å²) in [6.45, 7) is 5.21. The van der Waals surface area contributed by atoms with Crippen molar-refractivity contribution in [1.29, 1.82) is 0 Å². The quantitative estimate of drug-likeness (QED) is 0.624. The molecule has 1 rings (SSSR count). The van der Waals surface area contributed by atoms with Crippen molar-refractivity contribution in [3.8, 4) is 0 Å². The molecule has 0 saturated heterocycles. The standard InChI is InChI=1S/C11H19N5O4/c1-11(2,3)20-10(17)13-5-7(12)9-8(16(18)19)6-14-15(9)4/h6-7H,5,12H2,1-4H3,(H,13,17). The lowest BCUT2D eigenvalue weighted by atomic mass is 10.2. The molecule has 0 aliphatic heterocycles. The van der Waals surface area contributed by atoms with Crippen LogP contribution < -0.4 is 11.1 Å². The van der Waals surface area contributed by atoms with E-state index in [1.54, 1.807) is 27.8 Å². The van der Waals surface area contributed by atoms with Gasteiger partial charge in [0.1, 0.15) is 17.5 Å². The summed E-state index contributed by atoms with van der Waals surface area (Å²) in [6, 6.07) is -0.754. The van der Waals surface area contributed by atoms with Crippen LogP contribution >= 0.6 is 0 Å². The van der Waals surface area contributed by atoms with Crippen LogP contribution in [0.4, 0.5) is 10.5 Å². The number of nitrogens with one attached hydrogen (secondary N) is 1. The molecule has 3 N–H and O–H groups in total. The van der Waals surface area contributed by atoms with Crippen molar-refractivity contribution in [3.05, 3.63) is 22.0 Å². The summed E-state index contributed by atoms with van der Waals surface area (Å²) in [5, 5.41) is 17.1. The number of nitrogens with zero attached hydrogens (tertiary/aromatic N) is 3. The summed E-state index contributed by atoms with van der Waals surface area (Å²) in [4.78, 5) is 21.8. The van der Waals surface area contributed by atoms with E-state index in [4.69, 9.17) is 10.5 Å². The van der Waals surface area contributed by atoms with E-state index < -0.39 is 22.7 Å². The summed E-state index contributed by atoms with van der Waals surface area (Å²) in [6.07, 6.45) is 0.501. The fourth-order valence-electron chi connectivity index (χ4n) is 1.61. The molecule has 20 heavy (non-hydrogen) atoms. The van der Waals surface area contributed by atoms with Gasteiger partial charge in [-0.1, -0.05) is 0 Å². The number of nitrogens with two attached hydrogens (primary N) is 1. The predicted molar refractivity (Wildman–Crippen MR) is 71.0 cm³/mol. The number of hydrogen-bond donors (Lipinski definition) is 2. The molecular formula is C11H19N5O4. The molecule has 112 valence electrons. The van der Waals surface area contributed by atoms with Gasteiger partial charge in [-0.05, 0) is 20.8 Å². The molecule has 0 spiro atoms. The highest BCUT2D eigenvalue weighted by Crippen LogP contribution is 2.22. The second-order valence-corrected chi connectivity index (χ2v) is 5.29. The monoisotopic (exact) mass is 285 g/mol. The molecule has 0 bridgehead atoms. The Balaban J connectivity index is 2.68. The lowest BCUT2D eigenvalue weighted by molar-refractivity contribution is -0.385. The van der Waals surface area contributed by atoms with Crippen LogP contribution in [0.15, 0.2) is 6.20 Å². The number of alkyl carbamates (subject to hydrolysis) is 1. The topological polar surface area (TPSA) is 125 Å². The Kier molecular flexibility index (Phi) is 4.66. The number of nitro groups is 1. The van der Waals surface area contributed by atoms with E-state index in [2.05, 4.69) is 10.4 Å². The summed E-state index contributed by atoms with van der Waals surface area (Å²) in [5.41, 5.74) is 5.30. The Morgan fingerprint density at radius 1 is 1.65 bits per heavy atom. The highest BCUT2D eigenvalue weighted by atomic mass is 16.6. The molecule has 0 aliphatic rings. The molecule has 9 heteroatoms. The average molecular weight is 285 g/mol. The molecule has 0 radical (unpaired) electrons. The first-order chi connectivity index (χ1) is 9.11. The van der Waals surface area contributed by atoms with E-state index >= 15 is 0 Å². The highest BCUT2D eigenvalue weighted by molar-refractivity contribution is 5.67. The fraction of sp³-hybridized carbons (Fsp3) is 0.636. The first kappa shape index (κ1) is 15.9. The molecule has 1 atom stereocenters. The minimum atomic E-state index is -0.754. The maximum absolute atomic E-state index is 11.5. The van der Waals surface area contributed by atoms with E-state index in [-0.39, 0.29) is 17.9 Å². The minimum Gasteiger partial charge on any atom is -0.444 e. The first-order valence-electron chi connectivity index (χ1n) is 6.00. The third-order valence-electron chi connectivity index (χ3n) is 2.38. The lowest BCUT2D eigenvalue weighted by Gasteiger charge is -2.20. The van der Waals surface area contributed by atoms with Crippen molar-refractivity contribution in [1.82, 2.24) is 15.1 Å². The number of carbonyl (C=O) groups is 1.